The summed E-state index contributed by atoms with van der Waals surface area (Å²) in [5, 5.41) is 0. The first-order valence-corrected chi connectivity index (χ1v) is 9.31. The van der Waals surface area contributed by atoms with E-state index in [0.717, 1.165) is 25.9 Å². The highest BCUT2D eigenvalue weighted by atomic mass is 16.1. The monoisotopic (exact) mass is 292 g/mol. The Bertz CT molecular complexity index is 302. The van der Waals surface area contributed by atoms with Crippen molar-refractivity contribution in [1.29, 1.82) is 0 Å². The van der Waals surface area contributed by atoms with Gasteiger partial charge < -0.3 is 9.80 Å². The molecule has 3 fully saturated rings. The van der Waals surface area contributed by atoms with Gasteiger partial charge in [-0.05, 0) is 64.7 Å². The van der Waals surface area contributed by atoms with E-state index in [9.17, 15) is 4.79 Å². The fourth-order valence-electron chi connectivity index (χ4n) is 4.50. The Balaban J connectivity index is 1.50. The smallest absolute Gasteiger partial charge is 0.141 e. The molecule has 3 rings (SSSR count). The van der Waals surface area contributed by atoms with Gasteiger partial charge in [-0.15, -0.1) is 0 Å². The minimum atomic E-state index is 0.339. The molecule has 120 valence electrons. The molecule has 0 unspecified atom stereocenters. The Labute approximate surface area is 130 Å². The fraction of sp³-hybridized carbons (Fsp3) is 0.944. The maximum Gasteiger partial charge on any atom is 0.141 e. The first-order valence-electron chi connectivity index (χ1n) is 9.31. The van der Waals surface area contributed by atoms with Gasteiger partial charge in [0.2, 0.25) is 0 Å². The Morgan fingerprint density at radius 2 is 1.10 bits per heavy atom. The summed E-state index contributed by atoms with van der Waals surface area (Å²) in [4.78, 5) is 17.9. The van der Waals surface area contributed by atoms with E-state index in [2.05, 4.69) is 9.80 Å². The molecule has 0 bridgehead atoms. The summed E-state index contributed by atoms with van der Waals surface area (Å²) in [7, 11) is 0. The van der Waals surface area contributed by atoms with E-state index in [1.807, 2.05) is 0 Å². The number of rotatable bonds is 4. The molecule has 2 aliphatic heterocycles. The van der Waals surface area contributed by atoms with E-state index in [4.69, 9.17) is 0 Å². The predicted octanol–water partition coefficient (Wildman–Crippen LogP) is 2.94. The van der Waals surface area contributed by atoms with E-state index in [1.165, 1.54) is 71.1 Å². The third-order valence-electron chi connectivity index (χ3n) is 5.76. The Morgan fingerprint density at radius 1 is 0.667 bits per heavy atom. The molecule has 0 amide bonds. The number of Topliss-reactive ketones (excluding diaryl/α,β-unsaturated/α-hetero) is 1. The van der Waals surface area contributed by atoms with Crippen LogP contribution in [-0.4, -0.2) is 54.9 Å². The van der Waals surface area contributed by atoms with Gasteiger partial charge in [0.25, 0.3) is 0 Å². The molecule has 0 N–H and O–H groups in total. The molecule has 0 aromatic carbocycles. The summed E-state index contributed by atoms with van der Waals surface area (Å²) in [6.45, 7) is 6.99. The van der Waals surface area contributed by atoms with Gasteiger partial charge in [-0.25, -0.2) is 0 Å². The number of likely N-dealkylation sites (tertiary alicyclic amines) is 2. The Hall–Kier alpha value is -0.410. The lowest BCUT2D eigenvalue weighted by atomic mass is 9.79. The molecule has 0 spiro atoms. The maximum atomic E-state index is 12.8. The quantitative estimate of drug-likeness (QED) is 0.796. The average Bonchev–Trinajstić information content (AvgIpc) is 2.53. The zero-order valence-electron chi connectivity index (χ0n) is 13.6. The largest absolute Gasteiger partial charge is 0.303 e. The van der Waals surface area contributed by atoms with Crippen LogP contribution in [0.15, 0.2) is 0 Å². The minimum absolute atomic E-state index is 0.339. The predicted molar refractivity (Wildman–Crippen MR) is 86.4 cm³/mol. The van der Waals surface area contributed by atoms with E-state index in [1.54, 1.807) is 0 Å². The number of ketones is 1. The molecular weight excluding hydrogens is 260 g/mol. The summed E-state index contributed by atoms with van der Waals surface area (Å²) in [5.41, 5.74) is 0. The standard InChI is InChI=1S/C18H32N2O/c21-18-16(14-19-10-3-1-4-11-19)8-7-9-17(18)15-20-12-5-2-6-13-20/h16-17H,1-15H2/t16-,17-/m0/s1. The first-order chi connectivity index (χ1) is 10.3. The van der Waals surface area contributed by atoms with Crippen LogP contribution in [0.3, 0.4) is 0 Å². The van der Waals surface area contributed by atoms with Crippen LogP contribution in [0.25, 0.3) is 0 Å². The molecule has 3 nitrogen and oxygen atoms in total. The molecule has 21 heavy (non-hydrogen) atoms. The van der Waals surface area contributed by atoms with Crippen LogP contribution in [0.1, 0.15) is 57.8 Å². The molecule has 0 aromatic rings. The van der Waals surface area contributed by atoms with Crippen molar-refractivity contribution in [3.05, 3.63) is 0 Å². The third-order valence-corrected chi connectivity index (χ3v) is 5.76. The molecule has 1 saturated carbocycles. The molecule has 3 heteroatoms. The maximum absolute atomic E-state index is 12.8. The van der Waals surface area contributed by atoms with Crippen molar-refractivity contribution in [2.75, 3.05) is 39.3 Å². The minimum Gasteiger partial charge on any atom is -0.303 e. The molecule has 2 atom stereocenters. The highest BCUT2D eigenvalue weighted by molar-refractivity contribution is 5.84. The summed E-state index contributed by atoms with van der Waals surface area (Å²) in [5.74, 6) is 1.27. The molecule has 0 radical (unpaired) electrons. The fourth-order valence-corrected chi connectivity index (χ4v) is 4.50. The zero-order chi connectivity index (χ0) is 14.5. The van der Waals surface area contributed by atoms with Crippen LogP contribution >= 0.6 is 0 Å². The lowest BCUT2D eigenvalue weighted by Crippen LogP contribution is -2.44. The van der Waals surface area contributed by atoms with E-state index >= 15 is 0 Å². The number of piperidine rings is 2. The lowest BCUT2D eigenvalue weighted by molar-refractivity contribution is -0.130. The highest BCUT2D eigenvalue weighted by Gasteiger charge is 2.33. The van der Waals surface area contributed by atoms with Crippen molar-refractivity contribution in [3.63, 3.8) is 0 Å². The van der Waals surface area contributed by atoms with Crippen LogP contribution in [0.5, 0.6) is 0 Å². The number of hydrogen-bond donors (Lipinski definition) is 0. The van der Waals surface area contributed by atoms with Crippen molar-refractivity contribution in [3.8, 4) is 0 Å². The normalized spacial score (nSPS) is 33.2. The first kappa shape index (κ1) is 15.5. The number of hydrogen-bond acceptors (Lipinski definition) is 3. The van der Waals surface area contributed by atoms with Gasteiger partial charge >= 0.3 is 0 Å². The summed E-state index contributed by atoms with van der Waals surface area (Å²) < 4.78 is 0. The van der Waals surface area contributed by atoms with Crippen molar-refractivity contribution in [2.24, 2.45) is 11.8 Å². The molecule has 0 aromatic heterocycles. The molecule has 2 heterocycles. The third kappa shape index (κ3) is 4.29. The lowest BCUT2D eigenvalue weighted by Gasteiger charge is -2.36. The van der Waals surface area contributed by atoms with Gasteiger partial charge in [0.15, 0.2) is 0 Å². The second-order valence-electron chi connectivity index (χ2n) is 7.45. The van der Waals surface area contributed by atoms with Crippen LogP contribution in [-0.2, 0) is 4.79 Å². The summed E-state index contributed by atoms with van der Waals surface area (Å²) >= 11 is 0. The van der Waals surface area contributed by atoms with Crippen LogP contribution in [0.4, 0.5) is 0 Å². The SMILES string of the molecule is O=C1[C@H](CN2CCCCC2)CCC[C@H]1CN1CCCCC1. The van der Waals surface area contributed by atoms with Gasteiger partial charge in [-0.3, -0.25) is 4.79 Å². The molecule has 2 saturated heterocycles. The number of carbonyl (C=O) groups excluding carboxylic acids is 1. The van der Waals surface area contributed by atoms with Gasteiger partial charge in [0.1, 0.15) is 5.78 Å². The van der Waals surface area contributed by atoms with E-state index in [-0.39, 0.29) is 0 Å². The van der Waals surface area contributed by atoms with Gasteiger partial charge in [0.05, 0.1) is 0 Å². The van der Waals surface area contributed by atoms with E-state index in [0.29, 0.717) is 17.6 Å². The van der Waals surface area contributed by atoms with Gasteiger partial charge in [-0.1, -0.05) is 19.3 Å². The Morgan fingerprint density at radius 3 is 1.52 bits per heavy atom. The topological polar surface area (TPSA) is 23.6 Å². The van der Waals surface area contributed by atoms with Gasteiger partial charge in [0, 0.05) is 24.9 Å². The van der Waals surface area contributed by atoms with Gasteiger partial charge in [-0.2, -0.15) is 0 Å². The molecule has 1 aliphatic carbocycles. The highest BCUT2D eigenvalue weighted by Crippen LogP contribution is 2.28. The zero-order valence-corrected chi connectivity index (χ0v) is 13.6. The van der Waals surface area contributed by atoms with E-state index < -0.39 is 0 Å². The van der Waals surface area contributed by atoms with Crippen LogP contribution < -0.4 is 0 Å². The summed E-state index contributed by atoms with van der Waals surface area (Å²) in [6.07, 6.45) is 11.6. The number of carbonyl (C=O) groups is 1. The van der Waals surface area contributed by atoms with Crippen molar-refractivity contribution >= 4 is 5.78 Å². The van der Waals surface area contributed by atoms with Crippen molar-refractivity contribution in [1.82, 2.24) is 9.80 Å². The second kappa shape index (κ2) is 7.73. The van der Waals surface area contributed by atoms with Crippen molar-refractivity contribution < 1.29 is 4.79 Å². The summed E-state index contributed by atoms with van der Waals surface area (Å²) in [6, 6.07) is 0. The molecule has 3 aliphatic rings. The Kier molecular flexibility index (Phi) is 5.70. The second-order valence-corrected chi connectivity index (χ2v) is 7.45. The number of nitrogens with zero attached hydrogens (tertiary/aromatic N) is 2. The molecular formula is C18H32N2O. The van der Waals surface area contributed by atoms with Crippen LogP contribution in [0.2, 0.25) is 0 Å². The average molecular weight is 292 g/mol. The van der Waals surface area contributed by atoms with Crippen molar-refractivity contribution in [2.45, 2.75) is 57.8 Å². The van der Waals surface area contributed by atoms with Crippen LogP contribution in [0, 0.1) is 11.8 Å².